The largest absolute Gasteiger partial charge is 0.465 e. The van der Waals surface area contributed by atoms with Crippen LogP contribution in [-0.4, -0.2) is 12.6 Å². The van der Waals surface area contributed by atoms with E-state index in [4.69, 9.17) is 4.74 Å². The Balaban J connectivity index is 3.85. The Morgan fingerprint density at radius 2 is 0.794 bits per heavy atom. The monoisotopic (exact) mass is 480 g/mol. The van der Waals surface area contributed by atoms with E-state index in [9.17, 15) is 4.79 Å². The quantitative estimate of drug-likeness (QED) is 0.0821. The van der Waals surface area contributed by atoms with Crippen molar-refractivity contribution in [1.82, 2.24) is 0 Å². The minimum Gasteiger partial charge on any atom is -0.465 e. The molecule has 0 aliphatic heterocycles. The first kappa shape index (κ1) is 33.5. The van der Waals surface area contributed by atoms with Crippen molar-refractivity contribution in [1.29, 1.82) is 0 Å². The van der Waals surface area contributed by atoms with Crippen LogP contribution in [0, 0.1) is 5.92 Å². The fourth-order valence-electron chi connectivity index (χ4n) is 4.95. The number of unbranched alkanes of at least 4 members (excludes halogenated alkanes) is 20. The summed E-state index contributed by atoms with van der Waals surface area (Å²) in [6, 6.07) is 0. The molecule has 0 radical (unpaired) electrons. The summed E-state index contributed by atoms with van der Waals surface area (Å²) in [4.78, 5) is 12.3. The summed E-state index contributed by atoms with van der Waals surface area (Å²) in [7, 11) is 0. The summed E-state index contributed by atoms with van der Waals surface area (Å²) >= 11 is 0. The van der Waals surface area contributed by atoms with Crippen LogP contribution in [0.3, 0.4) is 0 Å². The van der Waals surface area contributed by atoms with Crippen LogP contribution in [0.1, 0.15) is 188 Å². The molecular weight excluding hydrogens is 416 g/mol. The predicted molar refractivity (Wildman–Crippen MR) is 152 cm³/mol. The minimum absolute atomic E-state index is 0.0480. The van der Waals surface area contributed by atoms with Gasteiger partial charge in [0.25, 0.3) is 0 Å². The molecule has 34 heavy (non-hydrogen) atoms. The first-order valence-electron chi connectivity index (χ1n) is 15.9. The van der Waals surface area contributed by atoms with Gasteiger partial charge in [-0.25, -0.2) is 0 Å². The lowest BCUT2D eigenvalue weighted by atomic mass is 9.94. The molecule has 0 unspecified atom stereocenters. The lowest BCUT2D eigenvalue weighted by Gasteiger charge is -2.17. The van der Waals surface area contributed by atoms with Crippen molar-refractivity contribution in [3.63, 3.8) is 0 Å². The van der Waals surface area contributed by atoms with Gasteiger partial charge in [-0.05, 0) is 25.2 Å². The van der Waals surface area contributed by atoms with Crippen LogP contribution in [0.2, 0.25) is 0 Å². The van der Waals surface area contributed by atoms with Crippen molar-refractivity contribution in [3.05, 3.63) is 0 Å². The average molecular weight is 481 g/mol. The van der Waals surface area contributed by atoms with Crippen LogP contribution >= 0.6 is 0 Å². The van der Waals surface area contributed by atoms with E-state index >= 15 is 0 Å². The molecular formula is C32H64O2. The smallest absolute Gasteiger partial charge is 0.305 e. The van der Waals surface area contributed by atoms with E-state index in [2.05, 4.69) is 20.8 Å². The molecule has 0 aliphatic carbocycles. The van der Waals surface area contributed by atoms with Gasteiger partial charge in [0, 0.05) is 6.42 Å². The molecule has 204 valence electrons. The molecule has 0 saturated heterocycles. The van der Waals surface area contributed by atoms with Gasteiger partial charge in [-0.2, -0.15) is 0 Å². The Morgan fingerprint density at radius 1 is 0.471 bits per heavy atom. The number of esters is 1. The maximum Gasteiger partial charge on any atom is 0.305 e. The molecule has 2 nitrogen and oxygen atoms in total. The van der Waals surface area contributed by atoms with Gasteiger partial charge in [-0.3, -0.25) is 4.79 Å². The second kappa shape index (κ2) is 28.7. The standard InChI is InChI=1S/C32H64O2/c1-4-7-10-13-16-17-18-19-20-23-26-29-32(33)34-30-31(27-24-21-14-11-8-5-2)28-25-22-15-12-9-6-3/h31H,4-30H2,1-3H3. The molecule has 0 rings (SSSR count). The summed E-state index contributed by atoms with van der Waals surface area (Å²) in [6.07, 6.45) is 33.8. The highest BCUT2D eigenvalue weighted by molar-refractivity contribution is 5.69. The van der Waals surface area contributed by atoms with E-state index in [0.717, 1.165) is 6.42 Å². The predicted octanol–water partition coefficient (Wildman–Crippen LogP) is 11.3. The topological polar surface area (TPSA) is 26.3 Å². The number of hydrogen-bond acceptors (Lipinski definition) is 2. The third-order valence-electron chi connectivity index (χ3n) is 7.40. The van der Waals surface area contributed by atoms with Gasteiger partial charge in [-0.15, -0.1) is 0 Å². The molecule has 0 aromatic carbocycles. The Kier molecular flexibility index (Phi) is 28.3. The molecule has 0 spiro atoms. The maximum absolute atomic E-state index is 12.3. The van der Waals surface area contributed by atoms with Crippen molar-refractivity contribution in [3.8, 4) is 0 Å². The molecule has 0 amide bonds. The van der Waals surface area contributed by atoms with Crippen molar-refractivity contribution >= 4 is 5.97 Å². The highest BCUT2D eigenvalue weighted by Crippen LogP contribution is 2.20. The number of rotatable bonds is 28. The molecule has 0 aliphatic rings. The zero-order chi connectivity index (χ0) is 25.0. The van der Waals surface area contributed by atoms with Crippen LogP contribution in [0.4, 0.5) is 0 Å². The zero-order valence-electron chi connectivity index (χ0n) is 24.0. The van der Waals surface area contributed by atoms with Gasteiger partial charge in [0.05, 0.1) is 6.61 Å². The van der Waals surface area contributed by atoms with E-state index < -0.39 is 0 Å². The van der Waals surface area contributed by atoms with Crippen LogP contribution < -0.4 is 0 Å². The molecule has 0 heterocycles. The lowest BCUT2D eigenvalue weighted by molar-refractivity contribution is -0.145. The highest BCUT2D eigenvalue weighted by atomic mass is 16.5. The first-order chi connectivity index (χ1) is 16.7. The summed E-state index contributed by atoms with van der Waals surface area (Å²) in [5.41, 5.74) is 0. The number of carbonyl (C=O) groups excluding carboxylic acids is 1. The van der Waals surface area contributed by atoms with E-state index in [1.807, 2.05) is 0 Å². The Morgan fingerprint density at radius 3 is 1.18 bits per heavy atom. The third-order valence-corrected chi connectivity index (χ3v) is 7.40. The number of hydrogen-bond donors (Lipinski definition) is 0. The van der Waals surface area contributed by atoms with Crippen LogP contribution in [0.5, 0.6) is 0 Å². The molecule has 0 aromatic heterocycles. The Labute approximate surface area is 215 Å². The SMILES string of the molecule is CCCCCCCCCCCCCC(=O)OCC(CCCCCCCC)CCCCCCCC. The Bertz CT molecular complexity index is 376. The van der Waals surface area contributed by atoms with Crippen LogP contribution in [0.25, 0.3) is 0 Å². The lowest BCUT2D eigenvalue weighted by Crippen LogP contribution is -2.14. The molecule has 2 heteroatoms. The second-order valence-electron chi connectivity index (χ2n) is 10.9. The first-order valence-corrected chi connectivity index (χ1v) is 15.9. The van der Waals surface area contributed by atoms with Gasteiger partial charge < -0.3 is 4.74 Å². The number of carbonyl (C=O) groups is 1. The zero-order valence-corrected chi connectivity index (χ0v) is 24.0. The van der Waals surface area contributed by atoms with Crippen LogP contribution in [-0.2, 0) is 9.53 Å². The van der Waals surface area contributed by atoms with Gasteiger partial charge in [0.2, 0.25) is 0 Å². The highest BCUT2D eigenvalue weighted by Gasteiger charge is 2.12. The van der Waals surface area contributed by atoms with Gasteiger partial charge >= 0.3 is 5.97 Å². The van der Waals surface area contributed by atoms with Gasteiger partial charge in [0.15, 0.2) is 0 Å². The van der Waals surface area contributed by atoms with Crippen molar-refractivity contribution in [2.24, 2.45) is 5.92 Å². The van der Waals surface area contributed by atoms with Crippen molar-refractivity contribution in [2.75, 3.05) is 6.61 Å². The molecule has 0 fully saturated rings. The second-order valence-corrected chi connectivity index (χ2v) is 10.9. The van der Waals surface area contributed by atoms with Gasteiger partial charge in [0.1, 0.15) is 0 Å². The summed E-state index contributed by atoms with van der Waals surface area (Å²) in [5, 5.41) is 0. The summed E-state index contributed by atoms with van der Waals surface area (Å²) in [6.45, 7) is 7.50. The fourth-order valence-corrected chi connectivity index (χ4v) is 4.95. The summed E-state index contributed by atoms with van der Waals surface area (Å²) < 4.78 is 5.75. The molecule has 0 atom stereocenters. The van der Waals surface area contributed by atoms with Crippen molar-refractivity contribution < 1.29 is 9.53 Å². The Hall–Kier alpha value is -0.530. The number of ether oxygens (including phenoxy) is 1. The third kappa shape index (κ3) is 26.1. The summed E-state index contributed by atoms with van der Waals surface area (Å²) in [5.74, 6) is 0.630. The van der Waals surface area contributed by atoms with E-state index in [0.29, 0.717) is 18.9 Å². The van der Waals surface area contributed by atoms with Gasteiger partial charge in [-0.1, -0.05) is 162 Å². The average Bonchev–Trinajstić information content (AvgIpc) is 2.84. The normalized spacial score (nSPS) is 11.4. The van der Waals surface area contributed by atoms with Crippen LogP contribution in [0.15, 0.2) is 0 Å². The minimum atomic E-state index is 0.0480. The molecule has 0 bridgehead atoms. The maximum atomic E-state index is 12.3. The fraction of sp³-hybridized carbons (Fsp3) is 0.969. The molecule has 0 aromatic rings. The van der Waals surface area contributed by atoms with Crippen molar-refractivity contribution in [2.45, 2.75) is 188 Å². The van der Waals surface area contributed by atoms with E-state index in [1.54, 1.807) is 0 Å². The van der Waals surface area contributed by atoms with E-state index in [-0.39, 0.29) is 5.97 Å². The molecule has 0 N–H and O–H groups in total. The van der Waals surface area contributed by atoms with E-state index in [1.165, 1.54) is 154 Å². The molecule has 0 saturated carbocycles.